The first-order valence-electron chi connectivity index (χ1n) is 42.5. The van der Waals surface area contributed by atoms with Crippen molar-refractivity contribution in [1.29, 1.82) is 0 Å². The minimum Gasteiger partial charge on any atom is -0.481 e. The van der Waals surface area contributed by atoms with Crippen molar-refractivity contribution in [1.82, 2.24) is 101 Å². The van der Waals surface area contributed by atoms with Crippen molar-refractivity contribution in [2.75, 3.05) is 19.7 Å². The minimum absolute atomic E-state index is 0.0243. The molecular weight excluding hydrogens is 1670 g/mol. The fourth-order valence-corrected chi connectivity index (χ4v) is 12.8. The lowest BCUT2D eigenvalue weighted by Crippen LogP contribution is -2.66. The lowest BCUT2D eigenvalue weighted by Gasteiger charge is -2.36. The first-order valence-corrected chi connectivity index (χ1v) is 42.5. The van der Waals surface area contributed by atoms with E-state index < -0.39 is 267 Å². The second-order valence-corrected chi connectivity index (χ2v) is 37.8. The van der Waals surface area contributed by atoms with E-state index in [1.165, 1.54) is 143 Å². The molecule has 0 saturated carbocycles. The number of carboxylic acids is 1. The molecule has 0 aromatic heterocycles. The highest BCUT2D eigenvalue weighted by Crippen LogP contribution is 2.24. The van der Waals surface area contributed by atoms with Crippen LogP contribution in [0.3, 0.4) is 0 Å². The Morgan fingerprint density at radius 1 is 0.414 bits per heavy atom. The van der Waals surface area contributed by atoms with Gasteiger partial charge in [0.25, 0.3) is 0 Å². The summed E-state index contributed by atoms with van der Waals surface area (Å²) < 4.78 is 0. The number of amides is 20. The van der Waals surface area contributed by atoms with E-state index in [-0.39, 0.29) is 44.6 Å². The van der Waals surface area contributed by atoms with Gasteiger partial charge in [-0.1, -0.05) is 71.9 Å². The van der Waals surface area contributed by atoms with E-state index in [0.29, 0.717) is 6.42 Å². The third-order valence-corrected chi connectivity index (χ3v) is 20.8. The molecule has 1 saturated heterocycles. The Kier molecular flexibility index (Phi) is 41.3. The van der Waals surface area contributed by atoms with Gasteiger partial charge in [-0.3, -0.25) is 101 Å². The van der Waals surface area contributed by atoms with Crippen LogP contribution in [0.5, 0.6) is 0 Å². The number of nitrogens with zero attached hydrogens (tertiary/aromatic N) is 1. The molecule has 128 heavy (non-hydrogen) atoms. The van der Waals surface area contributed by atoms with Crippen LogP contribution >= 0.6 is 0 Å². The monoisotopic (exact) mass is 1810 g/mol. The number of nitrogens with two attached hydrogens (primary N) is 1. The number of benzene rings is 1. The number of primary amides is 1. The van der Waals surface area contributed by atoms with Gasteiger partial charge in [0.15, 0.2) is 0 Å². The number of nitrogens with one attached hydrogen (secondary N) is 18. The van der Waals surface area contributed by atoms with Gasteiger partial charge in [0.2, 0.25) is 118 Å². The highest BCUT2D eigenvalue weighted by Gasteiger charge is 2.47. The zero-order valence-electron chi connectivity index (χ0n) is 78.7. The molecule has 1 aliphatic rings. The average molecular weight is 1810 g/mol. The summed E-state index contributed by atoms with van der Waals surface area (Å²) in [6.45, 7) is 35.2. The smallest absolute Gasteiger partial charge is 0.303 e. The molecule has 22 N–H and O–H groups in total. The Balaban J connectivity index is 2.13. The zero-order valence-corrected chi connectivity index (χ0v) is 78.7. The molecule has 43 heteroatoms. The molecule has 0 aliphatic carbocycles. The van der Waals surface area contributed by atoms with Gasteiger partial charge in [-0.2, -0.15) is 0 Å². The molecular formula is C85H140N20O23. The second kappa shape index (κ2) is 47.2. The molecule has 1 heterocycles. The SMILES string of the molecule is CC(=O)NC(C)(C)C(=O)N[C@@H](C)C(=O)NC(C)(C)C(=O)N[C@@H](C)C(=O)NC(C)(C)C(=O)N[C@@H](C)C(=O)NC(C)(C)C(=O)N[C@H](C(=O)NC(C)(C)C(=O)NCC(=O)N[C@@H](CC(C)C)C(=O)NC(C)(C)C(=O)N1CCC[C@@H]1C(=O)N[C@@H](C(=O)NC(C)(C)C(=O)NC(C)(C)C(=O)N[C@H](CCC(=O)O)C(=O)N[C@@H](CCC(N)=O)C(=O)N[C@@H](CO)Cc1ccccc1)C(C)C)C(C)C. The third-order valence-electron chi connectivity index (χ3n) is 20.8. The van der Waals surface area contributed by atoms with Crippen LogP contribution in [0.4, 0.5) is 0 Å². The van der Waals surface area contributed by atoms with Gasteiger partial charge in [-0.15, -0.1) is 0 Å². The van der Waals surface area contributed by atoms with Gasteiger partial charge in [0.05, 0.1) is 19.2 Å². The quantitative estimate of drug-likeness (QED) is 0.0300. The first kappa shape index (κ1) is 112. The number of carboxylic acid groups (broad SMARTS) is 1. The molecule has 20 amide bonds. The van der Waals surface area contributed by atoms with Gasteiger partial charge in [0.1, 0.15) is 98.7 Å². The number of aliphatic hydroxyl groups is 1. The predicted octanol–water partition coefficient (Wildman–Crippen LogP) is -3.58. The molecule has 1 aliphatic heterocycles. The van der Waals surface area contributed by atoms with Crippen molar-refractivity contribution in [3.05, 3.63) is 35.9 Å². The van der Waals surface area contributed by atoms with Crippen molar-refractivity contribution in [3.63, 3.8) is 0 Å². The molecule has 43 nitrogen and oxygen atoms in total. The van der Waals surface area contributed by atoms with E-state index in [1.54, 1.807) is 71.9 Å². The van der Waals surface area contributed by atoms with E-state index >= 15 is 0 Å². The van der Waals surface area contributed by atoms with E-state index in [2.05, 4.69) is 95.7 Å². The highest BCUT2D eigenvalue weighted by atomic mass is 16.4. The summed E-state index contributed by atoms with van der Waals surface area (Å²) in [5.41, 5.74) is -7.68. The number of carbonyl (C=O) groups is 21. The fourth-order valence-electron chi connectivity index (χ4n) is 12.8. The maximum atomic E-state index is 14.5. The van der Waals surface area contributed by atoms with Gasteiger partial charge >= 0.3 is 5.97 Å². The summed E-state index contributed by atoms with van der Waals surface area (Å²) in [4.78, 5) is 285. The number of likely N-dealkylation sites (tertiary alicyclic amines) is 1. The summed E-state index contributed by atoms with van der Waals surface area (Å²) in [7, 11) is 0. The predicted molar refractivity (Wildman–Crippen MR) is 467 cm³/mol. The van der Waals surface area contributed by atoms with Crippen LogP contribution in [0, 0.1) is 17.8 Å². The number of aliphatic hydroxyl groups excluding tert-OH is 1. The summed E-state index contributed by atoms with van der Waals surface area (Å²) in [6, 6.07) is -4.12. The molecule has 10 atom stereocenters. The third kappa shape index (κ3) is 35.4. The fraction of sp³-hybridized carbons (Fsp3) is 0.682. The molecule has 1 aromatic carbocycles. The Hall–Kier alpha value is -12.0. The molecule has 2 rings (SSSR count). The van der Waals surface area contributed by atoms with Gasteiger partial charge in [-0.05, 0) is 193 Å². The molecule has 0 unspecified atom stereocenters. The maximum Gasteiger partial charge on any atom is 0.303 e. The van der Waals surface area contributed by atoms with Crippen LogP contribution in [0.25, 0.3) is 0 Å². The molecule has 0 spiro atoms. The Morgan fingerprint density at radius 3 is 1.23 bits per heavy atom. The van der Waals surface area contributed by atoms with Crippen molar-refractivity contribution in [2.45, 2.75) is 336 Å². The molecule has 718 valence electrons. The summed E-state index contributed by atoms with van der Waals surface area (Å²) in [5, 5.41) is 65.3. The first-order chi connectivity index (χ1) is 58.5. The van der Waals surface area contributed by atoms with Crippen LogP contribution in [0.1, 0.15) is 231 Å². The van der Waals surface area contributed by atoms with Crippen molar-refractivity contribution < 1.29 is 111 Å². The van der Waals surface area contributed by atoms with E-state index in [1.807, 2.05) is 0 Å². The standard InChI is InChI=1S/C85H140N20O23/c1-43(2)39-54(92-57(109)41-87-70(121)78(11,12)102-69(120)60(45(5)6)96-75(126)82(19,20)100-63(114)48(9)90-73(124)81(17,18)99-62(113)47(8)89-72(123)80(15,16)98-61(112)46(7)88-71(122)79(13,14)97-49(10)107)66(117)101-85(25,26)77(128)105-38-30-33-55(105)67(118)95-59(44(3)4)68(119)103-84(23,24)76(127)104-83(21,22)74(125)94-53(35-37-58(110)111)65(116)93-52(34-36-56(86)108)64(115)91-51(42-106)40-50-31-28-27-29-32-50/h27-29,31-32,43-48,51-55,59-60,106H,30,33-42H2,1-26H3,(H2,86,108)(H,87,121)(H,88,122)(H,89,123)(H,90,124)(H,91,115)(H,92,109)(H,93,116)(H,94,125)(H,95,118)(H,96,126)(H,97,107)(H,98,112)(H,99,113)(H,100,114)(H,101,117)(H,102,120)(H,103,119)(H,104,127)(H,110,111)/t46-,47-,48-,51+,52-,53+,54-,55+,59+,60-/m0/s1. The van der Waals surface area contributed by atoms with Crippen molar-refractivity contribution >= 4 is 124 Å². The Labute approximate surface area is 747 Å². The van der Waals surface area contributed by atoms with E-state index in [4.69, 9.17) is 5.73 Å². The zero-order chi connectivity index (χ0) is 98.8. The summed E-state index contributed by atoms with van der Waals surface area (Å²) >= 11 is 0. The summed E-state index contributed by atoms with van der Waals surface area (Å²) in [5.74, 6) is -19.5. The highest BCUT2D eigenvalue weighted by molar-refractivity contribution is 6.04. The number of hydrogen-bond acceptors (Lipinski definition) is 22. The molecule has 0 bridgehead atoms. The van der Waals surface area contributed by atoms with Crippen LogP contribution < -0.4 is 101 Å². The molecule has 1 fully saturated rings. The lowest BCUT2D eigenvalue weighted by atomic mass is 9.96. The molecule has 0 radical (unpaired) electrons. The average Bonchev–Trinajstić information content (AvgIpc) is 1.55. The van der Waals surface area contributed by atoms with Gasteiger partial charge < -0.3 is 117 Å². The van der Waals surface area contributed by atoms with E-state index in [9.17, 15) is 111 Å². The Bertz CT molecular complexity index is 4250. The number of rotatable bonds is 49. The lowest BCUT2D eigenvalue weighted by molar-refractivity contribution is -0.146. The van der Waals surface area contributed by atoms with Crippen LogP contribution in [-0.4, -0.2) is 264 Å². The van der Waals surface area contributed by atoms with Crippen LogP contribution in [0.2, 0.25) is 0 Å². The van der Waals surface area contributed by atoms with Gasteiger partial charge in [0, 0.05) is 26.3 Å². The van der Waals surface area contributed by atoms with Crippen LogP contribution in [-0.2, 0) is 107 Å². The summed E-state index contributed by atoms with van der Waals surface area (Å²) in [6.07, 6.45) is -1.24. The Morgan fingerprint density at radius 2 is 0.797 bits per heavy atom. The molecule has 1 aromatic rings. The number of carbonyl (C=O) groups excluding carboxylic acids is 20. The second-order valence-electron chi connectivity index (χ2n) is 37.8. The topological polar surface area (TPSA) is 645 Å². The maximum absolute atomic E-state index is 14.5. The minimum atomic E-state index is -1.91. The van der Waals surface area contributed by atoms with Crippen molar-refractivity contribution in [2.24, 2.45) is 23.5 Å². The van der Waals surface area contributed by atoms with Crippen LogP contribution in [0.15, 0.2) is 30.3 Å². The largest absolute Gasteiger partial charge is 0.481 e. The van der Waals surface area contributed by atoms with Crippen molar-refractivity contribution in [3.8, 4) is 0 Å². The normalized spacial score (nSPS) is 15.4. The number of aliphatic carboxylic acids is 1. The van der Waals surface area contributed by atoms with Gasteiger partial charge in [-0.25, -0.2) is 0 Å². The number of hydrogen-bond donors (Lipinski definition) is 21. The van der Waals surface area contributed by atoms with E-state index in [0.717, 1.165) is 5.56 Å².